The van der Waals surface area contributed by atoms with Crippen LogP contribution in [0.3, 0.4) is 0 Å². The van der Waals surface area contributed by atoms with E-state index in [9.17, 15) is 5.11 Å². The maximum Gasteiger partial charge on any atom is 0.206 e. The van der Waals surface area contributed by atoms with Gasteiger partial charge < -0.3 is 24.2 Å². The summed E-state index contributed by atoms with van der Waals surface area (Å²) in [4.78, 5) is 9.93. The highest BCUT2D eigenvalue weighted by atomic mass is 16.5. The summed E-state index contributed by atoms with van der Waals surface area (Å²) in [6.07, 6.45) is 7.00. The quantitative estimate of drug-likeness (QED) is 0.371. The Bertz CT molecular complexity index is 1120. The Morgan fingerprint density at radius 2 is 1.69 bits per heavy atom. The third-order valence-electron chi connectivity index (χ3n) is 7.43. The number of anilines is 1. The van der Waals surface area contributed by atoms with Crippen LogP contribution in [-0.2, 0) is 6.54 Å². The van der Waals surface area contributed by atoms with E-state index in [-0.39, 0.29) is 0 Å². The number of nitrogens with zero attached hydrogens (tertiary/aromatic N) is 4. The number of phenolic OH excluding ortho intramolecular Hbond substituents is 1. The van der Waals surface area contributed by atoms with E-state index >= 15 is 0 Å². The number of aromatic hydroxyl groups is 1. The predicted molar refractivity (Wildman–Crippen MR) is 145 cm³/mol. The average Bonchev–Trinajstić information content (AvgIpc) is 3.08. The van der Waals surface area contributed by atoms with Crippen molar-refractivity contribution in [3.63, 3.8) is 0 Å². The van der Waals surface area contributed by atoms with Crippen LogP contribution < -0.4 is 9.64 Å². The first-order valence-electron chi connectivity index (χ1n) is 13.3. The molecule has 1 saturated heterocycles. The van der Waals surface area contributed by atoms with Gasteiger partial charge in [-0.2, -0.15) is 0 Å². The van der Waals surface area contributed by atoms with E-state index in [1.54, 1.807) is 0 Å². The minimum absolute atomic E-state index is 0.381. The van der Waals surface area contributed by atoms with Gasteiger partial charge in [0.05, 0.1) is 17.6 Å². The number of fused-ring (bicyclic) bond motifs is 1. The van der Waals surface area contributed by atoms with Gasteiger partial charge in [-0.3, -0.25) is 0 Å². The van der Waals surface area contributed by atoms with Crippen molar-refractivity contribution in [2.24, 2.45) is 0 Å². The van der Waals surface area contributed by atoms with Gasteiger partial charge >= 0.3 is 0 Å². The van der Waals surface area contributed by atoms with Crippen molar-refractivity contribution < 1.29 is 9.84 Å². The van der Waals surface area contributed by atoms with E-state index < -0.39 is 0 Å². The van der Waals surface area contributed by atoms with Gasteiger partial charge in [0.25, 0.3) is 0 Å². The smallest absolute Gasteiger partial charge is 0.206 e. The third-order valence-corrected chi connectivity index (χ3v) is 7.43. The maximum atomic E-state index is 10.1. The molecule has 1 aromatic heterocycles. The van der Waals surface area contributed by atoms with Gasteiger partial charge in [0.2, 0.25) is 5.95 Å². The van der Waals surface area contributed by atoms with Crippen molar-refractivity contribution >= 4 is 17.0 Å². The molecule has 0 spiro atoms. The van der Waals surface area contributed by atoms with Crippen LogP contribution in [0.4, 0.5) is 5.95 Å². The number of phenols is 1. The molecular formula is C29H42N4O2. The number of imidazole rings is 1. The Balaban J connectivity index is 1.25. The Labute approximate surface area is 210 Å². The Kier molecular flexibility index (Phi) is 8.55. The number of likely N-dealkylation sites (N-methyl/N-ethyl adjacent to an activating group) is 1. The second kappa shape index (κ2) is 11.8. The van der Waals surface area contributed by atoms with Gasteiger partial charge in [-0.05, 0) is 88.5 Å². The number of ether oxygens (including phenoxy) is 1. The normalized spacial score (nSPS) is 15.0. The summed E-state index contributed by atoms with van der Waals surface area (Å²) in [5, 5.41) is 10.1. The van der Waals surface area contributed by atoms with Crippen LogP contribution >= 0.6 is 0 Å². The van der Waals surface area contributed by atoms with Gasteiger partial charge in [0.15, 0.2) is 0 Å². The van der Waals surface area contributed by atoms with Gasteiger partial charge in [0.1, 0.15) is 11.5 Å². The number of aryl methyl sites for hydroxylation is 2. The van der Waals surface area contributed by atoms with Crippen LogP contribution in [0.1, 0.15) is 55.2 Å². The highest BCUT2D eigenvalue weighted by Gasteiger charge is 2.19. The van der Waals surface area contributed by atoms with E-state index in [1.165, 1.54) is 31.2 Å². The maximum absolute atomic E-state index is 10.1. The largest absolute Gasteiger partial charge is 0.507 e. The molecule has 1 aliphatic rings. The first-order chi connectivity index (χ1) is 17.0. The zero-order valence-electron chi connectivity index (χ0n) is 22.0. The monoisotopic (exact) mass is 478 g/mol. The van der Waals surface area contributed by atoms with Gasteiger partial charge in [-0.1, -0.05) is 31.4 Å². The van der Waals surface area contributed by atoms with E-state index in [4.69, 9.17) is 9.72 Å². The van der Waals surface area contributed by atoms with Crippen molar-refractivity contribution in [3.05, 3.63) is 47.0 Å². The molecule has 0 aliphatic carbocycles. The molecule has 1 N–H and O–H groups in total. The van der Waals surface area contributed by atoms with Crippen LogP contribution in [-0.4, -0.2) is 59.4 Å². The number of benzene rings is 2. The minimum atomic E-state index is 0.381. The first kappa shape index (κ1) is 25.4. The number of unbranched alkanes of at least 4 members (excludes halogenated alkanes) is 4. The lowest BCUT2D eigenvalue weighted by atomic mass is 10.0. The molecule has 6 heteroatoms. The average molecular weight is 479 g/mol. The lowest BCUT2D eigenvalue weighted by Crippen LogP contribution is -2.31. The van der Waals surface area contributed by atoms with Gasteiger partial charge in [0, 0.05) is 26.2 Å². The minimum Gasteiger partial charge on any atom is -0.507 e. The molecule has 0 saturated carbocycles. The molecule has 2 heterocycles. The number of hydrogen-bond donors (Lipinski definition) is 1. The van der Waals surface area contributed by atoms with Crippen LogP contribution in [0.2, 0.25) is 0 Å². The molecule has 0 atom stereocenters. The number of aromatic nitrogens is 2. The second-order valence-electron chi connectivity index (χ2n) is 10.1. The van der Waals surface area contributed by atoms with E-state index in [0.717, 1.165) is 86.1 Å². The fraction of sp³-hybridized carbons (Fsp3) is 0.552. The standard InChI is InChI=1S/C29H42N4O2/c1-22-21-27(23(2)24(3)28(22)34)35-20-11-7-5-6-10-17-33-26-14-9-8-13-25(26)30-29(33)32-16-12-15-31(4)18-19-32/h8-9,13-14,21,34H,5-7,10-12,15-20H2,1-4H3. The van der Waals surface area contributed by atoms with Crippen molar-refractivity contribution in [2.45, 2.75) is 65.8 Å². The van der Waals surface area contributed by atoms with Crippen LogP contribution in [0.5, 0.6) is 11.5 Å². The van der Waals surface area contributed by atoms with Crippen molar-refractivity contribution in [3.8, 4) is 11.5 Å². The Morgan fingerprint density at radius 1 is 0.914 bits per heavy atom. The molecule has 0 bridgehead atoms. The summed E-state index contributed by atoms with van der Waals surface area (Å²) in [5.41, 5.74) is 5.18. The zero-order valence-corrected chi connectivity index (χ0v) is 22.0. The fourth-order valence-corrected chi connectivity index (χ4v) is 5.04. The molecule has 1 fully saturated rings. The molecule has 35 heavy (non-hydrogen) atoms. The van der Waals surface area contributed by atoms with Gasteiger partial charge in [-0.15, -0.1) is 0 Å². The van der Waals surface area contributed by atoms with Crippen molar-refractivity contribution in [1.29, 1.82) is 0 Å². The summed E-state index contributed by atoms with van der Waals surface area (Å²) in [6, 6.07) is 10.5. The highest BCUT2D eigenvalue weighted by molar-refractivity contribution is 5.78. The van der Waals surface area contributed by atoms with E-state index in [2.05, 4.69) is 45.7 Å². The van der Waals surface area contributed by atoms with E-state index in [0.29, 0.717) is 5.75 Å². The highest BCUT2D eigenvalue weighted by Crippen LogP contribution is 2.32. The molecule has 1 aliphatic heterocycles. The van der Waals surface area contributed by atoms with E-state index in [1.807, 2.05) is 26.8 Å². The molecule has 0 amide bonds. The molecular weight excluding hydrogens is 436 g/mol. The molecule has 6 nitrogen and oxygen atoms in total. The molecule has 190 valence electrons. The summed E-state index contributed by atoms with van der Waals surface area (Å²) < 4.78 is 8.48. The number of rotatable bonds is 10. The zero-order chi connectivity index (χ0) is 24.8. The SMILES string of the molecule is Cc1cc(OCCCCCCCn2c(N3CCCN(C)CC3)nc3ccccc32)c(C)c(C)c1O. The summed E-state index contributed by atoms with van der Waals surface area (Å²) in [5.74, 6) is 2.42. The molecule has 3 aromatic rings. The lowest BCUT2D eigenvalue weighted by molar-refractivity contribution is 0.301. The number of hydrogen-bond acceptors (Lipinski definition) is 5. The number of para-hydroxylation sites is 2. The molecule has 2 aromatic carbocycles. The summed E-state index contributed by atoms with van der Waals surface area (Å²) in [7, 11) is 2.21. The second-order valence-corrected chi connectivity index (χ2v) is 10.1. The molecule has 0 unspecified atom stereocenters. The lowest BCUT2D eigenvalue weighted by Gasteiger charge is -2.23. The van der Waals surface area contributed by atoms with Crippen molar-refractivity contribution in [2.75, 3.05) is 44.7 Å². The van der Waals surface area contributed by atoms with Crippen LogP contribution in [0.15, 0.2) is 30.3 Å². The fourth-order valence-electron chi connectivity index (χ4n) is 5.04. The Morgan fingerprint density at radius 3 is 2.54 bits per heavy atom. The molecule has 0 radical (unpaired) electrons. The van der Waals surface area contributed by atoms with Crippen LogP contribution in [0.25, 0.3) is 11.0 Å². The predicted octanol–water partition coefficient (Wildman–Crippen LogP) is 5.84. The summed E-state index contributed by atoms with van der Waals surface area (Å²) in [6.45, 7) is 12.0. The topological polar surface area (TPSA) is 53.8 Å². The van der Waals surface area contributed by atoms with Gasteiger partial charge in [-0.25, -0.2) is 4.98 Å². The third kappa shape index (κ3) is 6.10. The van der Waals surface area contributed by atoms with Crippen LogP contribution in [0, 0.1) is 20.8 Å². The molecule has 4 rings (SSSR count). The Hall–Kier alpha value is -2.73. The summed E-state index contributed by atoms with van der Waals surface area (Å²) >= 11 is 0. The first-order valence-corrected chi connectivity index (χ1v) is 13.3. The van der Waals surface area contributed by atoms with Crippen molar-refractivity contribution in [1.82, 2.24) is 14.5 Å².